The van der Waals surface area contributed by atoms with Gasteiger partial charge in [-0.2, -0.15) is 4.98 Å². The van der Waals surface area contributed by atoms with Crippen molar-refractivity contribution in [2.45, 2.75) is 77.3 Å². The molecule has 0 saturated carbocycles. The summed E-state index contributed by atoms with van der Waals surface area (Å²) in [6.07, 6.45) is -2.35. The third-order valence-electron chi connectivity index (χ3n) is 7.43. The quantitative estimate of drug-likeness (QED) is 0.273. The fourth-order valence-corrected chi connectivity index (χ4v) is 5.38. The zero-order valence-corrected chi connectivity index (χ0v) is 24.8. The summed E-state index contributed by atoms with van der Waals surface area (Å²) in [4.78, 5) is 49.5. The Morgan fingerprint density at radius 1 is 1.20 bits per heavy atom. The topological polar surface area (TPSA) is 158 Å². The number of ether oxygens (including phenoxy) is 2. The maximum atomic E-state index is 13.2. The SMILES string of the molecule is CC(C)C(=O)Nc1nc2c(ncn2[C@@H]2O[C@H](CO)[C@H](O[Si](C)(C)C(C)(C)C)[C@H]2OC(=O)c2ccccc2)c(=O)[nH]1. The molecule has 0 spiro atoms. The number of fused-ring (bicyclic) bond motifs is 1. The average Bonchev–Trinajstić information content (AvgIpc) is 3.45. The lowest BCUT2D eigenvalue weighted by Crippen LogP contribution is -2.50. The van der Waals surface area contributed by atoms with Crippen LogP contribution in [0.15, 0.2) is 41.5 Å². The summed E-state index contributed by atoms with van der Waals surface area (Å²) in [6, 6.07) is 8.52. The number of aromatic amines is 1. The zero-order chi connectivity index (χ0) is 29.4. The van der Waals surface area contributed by atoms with Gasteiger partial charge in [0.05, 0.1) is 18.5 Å². The second-order valence-corrected chi connectivity index (χ2v) is 16.5. The van der Waals surface area contributed by atoms with Gasteiger partial charge in [0.15, 0.2) is 31.8 Å². The highest BCUT2D eigenvalue weighted by atomic mass is 28.4. The van der Waals surface area contributed by atoms with Gasteiger partial charge in [-0.3, -0.25) is 24.5 Å². The average molecular weight is 572 g/mol. The lowest BCUT2D eigenvalue weighted by Gasteiger charge is -2.40. The first-order chi connectivity index (χ1) is 18.7. The van der Waals surface area contributed by atoms with Crippen molar-refractivity contribution in [3.05, 3.63) is 52.6 Å². The van der Waals surface area contributed by atoms with Gasteiger partial charge in [-0.1, -0.05) is 52.8 Å². The van der Waals surface area contributed by atoms with Gasteiger partial charge in [-0.05, 0) is 30.3 Å². The Hall–Kier alpha value is -3.39. The van der Waals surface area contributed by atoms with E-state index in [-0.39, 0.29) is 34.0 Å². The lowest BCUT2D eigenvalue weighted by molar-refractivity contribution is -0.118. The number of nitrogens with one attached hydrogen (secondary N) is 2. The number of hydrogen-bond donors (Lipinski definition) is 3. The normalized spacial score (nSPS) is 21.6. The molecule has 4 atom stereocenters. The van der Waals surface area contributed by atoms with E-state index in [4.69, 9.17) is 13.9 Å². The van der Waals surface area contributed by atoms with Crippen LogP contribution in [0.1, 0.15) is 51.2 Å². The van der Waals surface area contributed by atoms with E-state index in [1.165, 1.54) is 10.9 Å². The number of aliphatic hydroxyl groups excluding tert-OH is 1. The molecule has 40 heavy (non-hydrogen) atoms. The van der Waals surface area contributed by atoms with Crippen molar-refractivity contribution >= 4 is 37.3 Å². The van der Waals surface area contributed by atoms with E-state index in [1.807, 2.05) is 0 Å². The van der Waals surface area contributed by atoms with Crippen molar-refractivity contribution in [1.82, 2.24) is 19.5 Å². The molecule has 3 N–H and O–H groups in total. The summed E-state index contributed by atoms with van der Waals surface area (Å²) >= 11 is 0. The molecular weight excluding hydrogens is 534 g/mol. The van der Waals surface area contributed by atoms with E-state index >= 15 is 0 Å². The van der Waals surface area contributed by atoms with Gasteiger partial charge in [0.2, 0.25) is 11.9 Å². The van der Waals surface area contributed by atoms with E-state index in [2.05, 4.69) is 54.1 Å². The van der Waals surface area contributed by atoms with Crippen molar-refractivity contribution in [1.29, 1.82) is 0 Å². The van der Waals surface area contributed by atoms with Crippen LogP contribution in [0.25, 0.3) is 11.2 Å². The number of rotatable bonds is 8. The predicted molar refractivity (Wildman–Crippen MR) is 150 cm³/mol. The number of H-pyrrole nitrogens is 1. The summed E-state index contributed by atoms with van der Waals surface area (Å²) in [5.41, 5.74) is -0.109. The van der Waals surface area contributed by atoms with Crippen LogP contribution in [-0.4, -0.2) is 69.7 Å². The Morgan fingerprint density at radius 3 is 2.48 bits per heavy atom. The minimum atomic E-state index is -2.44. The lowest BCUT2D eigenvalue weighted by atomic mass is 10.1. The van der Waals surface area contributed by atoms with Crippen molar-refractivity contribution < 1.29 is 28.6 Å². The van der Waals surface area contributed by atoms with Gasteiger partial charge >= 0.3 is 5.97 Å². The van der Waals surface area contributed by atoms with Gasteiger partial charge in [0.1, 0.15) is 12.2 Å². The number of carbonyl (C=O) groups excluding carboxylic acids is 2. The number of hydrogen-bond acceptors (Lipinski definition) is 9. The number of imidazole rings is 1. The highest BCUT2D eigenvalue weighted by Gasteiger charge is 2.53. The van der Waals surface area contributed by atoms with E-state index in [1.54, 1.807) is 44.2 Å². The van der Waals surface area contributed by atoms with E-state index < -0.39 is 51.0 Å². The summed E-state index contributed by atoms with van der Waals surface area (Å²) in [5, 5.41) is 12.7. The number of nitrogens with zero attached hydrogens (tertiary/aromatic N) is 3. The molecule has 216 valence electrons. The first-order valence-corrected chi connectivity index (χ1v) is 16.1. The molecule has 3 heterocycles. The minimum absolute atomic E-state index is 0.00796. The molecule has 13 heteroatoms. The third-order valence-corrected chi connectivity index (χ3v) is 11.9. The molecule has 1 aromatic carbocycles. The molecule has 4 rings (SSSR count). The van der Waals surface area contributed by atoms with Crippen molar-refractivity contribution in [2.24, 2.45) is 5.92 Å². The summed E-state index contributed by atoms with van der Waals surface area (Å²) in [6.45, 7) is 13.4. The molecule has 0 unspecified atom stereocenters. The smallest absolute Gasteiger partial charge is 0.338 e. The monoisotopic (exact) mass is 571 g/mol. The predicted octanol–water partition coefficient (Wildman–Crippen LogP) is 3.22. The molecule has 1 amide bonds. The molecule has 0 aliphatic carbocycles. The molecule has 12 nitrogen and oxygen atoms in total. The maximum absolute atomic E-state index is 13.2. The van der Waals surface area contributed by atoms with E-state index in [0.717, 1.165) is 0 Å². The Bertz CT molecular complexity index is 1430. The van der Waals surface area contributed by atoms with Crippen molar-refractivity contribution in [3.8, 4) is 0 Å². The molecule has 3 aromatic rings. The second kappa shape index (κ2) is 11.2. The standard InChI is InChI=1S/C27H37N5O7Si/c1-15(2)22(34)30-26-29-21-18(23(35)31-26)28-14-32(21)24-20(38-25(36)16-11-9-8-10-12-16)19(17(13-33)37-24)39-40(6,7)27(3,4)5/h8-12,14-15,17,19-20,24,33H,13H2,1-7H3,(H2,29,30,31,34,35)/t17-,19+,20-,24-/m1/s1. The van der Waals surface area contributed by atoms with Crippen molar-refractivity contribution in [2.75, 3.05) is 11.9 Å². The number of esters is 1. The van der Waals surface area contributed by atoms with Crippen LogP contribution >= 0.6 is 0 Å². The number of aromatic nitrogens is 4. The summed E-state index contributed by atoms with van der Waals surface area (Å²) in [5.74, 6) is -1.32. The van der Waals surface area contributed by atoms with Gasteiger partial charge in [-0.15, -0.1) is 0 Å². The number of aliphatic hydroxyl groups is 1. The highest BCUT2D eigenvalue weighted by molar-refractivity contribution is 6.74. The first kappa shape index (κ1) is 29.6. The van der Waals surface area contributed by atoms with Gasteiger partial charge < -0.3 is 19.0 Å². The van der Waals surface area contributed by atoms with Crippen LogP contribution in [0.4, 0.5) is 5.95 Å². The molecule has 1 saturated heterocycles. The Kier molecular flexibility index (Phi) is 8.31. The maximum Gasteiger partial charge on any atom is 0.338 e. The Morgan fingerprint density at radius 2 is 1.88 bits per heavy atom. The first-order valence-electron chi connectivity index (χ1n) is 13.2. The zero-order valence-electron chi connectivity index (χ0n) is 23.8. The molecule has 0 radical (unpaired) electrons. The molecule has 1 aliphatic rings. The van der Waals surface area contributed by atoms with Crippen LogP contribution in [0.5, 0.6) is 0 Å². The second-order valence-electron chi connectivity index (χ2n) is 11.7. The Balaban J connectivity index is 1.79. The van der Waals surface area contributed by atoms with E-state index in [0.29, 0.717) is 5.56 Å². The van der Waals surface area contributed by atoms with Gasteiger partial charge in [0, 0.05) is 5.92 Å². The van der Waals surface area contributed by atoms with Crippen LogP contribution < -0.4 is 10.9 Å². The Labute approximate surface area is 233 Å². The number of anilines is 1. The van der Waals surface area contributed by atoms with Crippen LogP contribution in [-0.2, 0) is 18.7 Å². The number of carbonyl (C=O) groups is 2. The molecule has 1 fully saturated rings. The molecule has 1 aliphatic heterocycles. The minimum Gasteiger partial charge on any atom is -0.451 e. The van der Waals surface area contributed by atoms with Gasteiger partial charge in [-0.25, -0.2) is 9.78 Å². The number of amides is 1. The van der Waals surface area contributed by atoms with Crippen LogP contribution in [0, 0.1) is 5.92 Å². The summed E-state index contributed by atoms with van der Waals surface area (Å²) in [7, 11) is -2.44. The summed E-state index contributed by atoms with van der Waals surface area (Å²) < 4.78 is 20.4. The molecular formula is C27H37N5O7Si. The fourth-order valence-electron chi connectivity index (χ4n) is 4.06. The largest absolute Gasteiger partial charge is 0.451 e. The fraction of sp³-hybridized carbons (Fsp3) is 0.519. The third kappa shape index (κ3) is 5.87. The van der Waals surface area contributed by atoms with Gasteiger partial charge in [0.25, 0.3) is 5.56 Å². The van der Waals surface area contributed by atoms with Crippen molar-refractivity contribution in [3.63, 3.8) is 0 Å². The highest BCUT2D eigenvalue weighted by Crippen LogP contribution is 2.42. The molecule has 2 aromatic heterocycles. The van der Waals surface area contributed by atoms with Crippen LogP contribution in [0.3, 0.4) is 0 Å². The van der Waals surface area contributed by atoms with Crippen LogP contribution in [0.2, 0.25) is 18.1 Å². The van der Waals surface area contributed by atoms with E-state index in [9.17, 15) is 19.5 Å². The number of benzene rings is 1. The molecule has 0 bridgehead atoms.